The van der Waals surface area contributed by atoms with Gasteiger partial charge in [0.05, 0.1) is 3.79 Å². The van der Waals surface area contributed by atoms with E-state index >= 15 is 0 Å². The second-order valence-electron chi connectivity index (χ2n) is 4.98. The molecule has 1 aliphatic rings. The normalized spacial score (nSPS) is 20.6. The Labute approximate surface area is 136 Å². The summed E-state index contributed by atoms with van der Waals surface area (Å²) in [7, 11) is -1.80. The Morgan fingerprint density at radius 2 is 2.33 bits per heavy atom. The highest BCUT2D eigenvalue weighted by molar-refractivity contribution is 9.11. The van der Waals surface area contributed by atoms with E-state index in [9.17, 15) is 13.2 Å². The zero-order chi connectivity index (χ0) is 15.6. The van der Waals surface area contributed by atoms with E-state index < -0.39 is 16.0 Å². The van der Waals surface area contributed by atoms with Crippen molar-refractivity contribution in [3.63, 3.8) is 0 Å². The first-order chi connectivity index (χ1) is 9.86. The lowest BCUT2D eigenvalue weighted by Crippen LogP contribution is -2.42. The number of nitrogens with zero attached hydrogens (tertiary/aromatic N) is 1. The molecular weight excluding hydrogens is 380 g/mol. The third-order valence-electron chi connectivity index (χ3n) is 3.46. The van der Waals surface area contributed by atoms with Crippen LogP contribution in [0.2, 0.25) is 0 Å². The van der Waals surface area contributed by atoms with Crippen molar-refractivity contribution in [2.75, 3.05) is 26.7 Å². The highest BCUT2D eigenvalue weighted by atomic mass is 79.9. The fourth-order valence-electron chi connectivity index (χ4n) is 2.47. The number of rotatable bonds is 5. The zero-order valence-electron chi connectivity index (χ0n) is 11.5. The van der Waals surface area contributed by atoms with Crippen LogP contribution in [0.5, 0.6) is 0 Å². The average molecular weight is 397 g/mol. The molecule has 0 spiro atoms. The number of aromatic carboxylic acids is 1. The van der Waals surface area contributed by atoms with Gasteiger partial charge in [0.25, 0.3) is 0 Å². The van der Waals surface area contributed by atoms with Crippen LogP contribution in [-0.2, 0) is 10.0 Å². The van der Waals surface area contributed by atoms with Gasteiger partial charge < -0.3 is 10.4 Å². The number of hydrogen-bond acceptors (Lipinski definition) is 5. The van der Waals surface area contributed by atoms with Crippen molar-refractivity contribution in [1.82, 2.24) is 9.62 Å². The molecule has 0 amide bonds. The van der Waals surface area contributed by atoms with Crippen molar-refractivity contribution in [1.29, 1.82) is 0 Å². The molecule has 1 saturated heterocycles. The van der Waals surface area contributed by atoms with E-state index in [2.05, 4.69) is 21.2 Å². The average Bonchev–Trinajstić information content (AvgIpc) is 2.82. The minimum Gasteiger partial charge on any atom is -0.477 e. The second kappa shape index (κ2) is 6.74. The molecule has 0 bridgehead atoms. The third-order valence-corrected chi connectivity index (χ3v) is 7.56. The Kier molecular flexibility index (Phi) is 5.42. The second-order valence-corrected chi connectivity index (χ2v) is 9.26. The molecule has 0 radical (unpaired) electrons. The lowest BCUT2D eigenvalue weighted by molar-refractivity contribution is 0.0702. The Balaban J connectivity index is 2.27. The number of sulfonamides is 1. The van der Waals surface area contributed by atoms with Gasteiger partial charge in [0.1, 0.15) is 9.77 Å². The monoisotopic (exact) mass is 396 g/mol. The number of nitrogens with one attached hydrogen (secondary N) is 1. The molecule has 0 aromatic carbocycles. The largest absolute Gasteiger partial charge is 0.477 e. The molecule has 6 nitrogen and oxygen atoms in total. The summed E-state index contributed by atoms with van der Waals surface area (Å²) in [5.74, 6) is -0.830. The van der Waals surface area contributed by atoms with Gasteiger partial charge in [0, 0.05) is 13.1 Å². The van der Waals surface area contributed by atoms with E-state index in [1.807, 2.05) is 7.05 Å². The van der Waals surface area contributed by atoms with Gasteiger partial charge >= 0.3 is 5.97 Å². The molecule has 2 rings (SSSR count). The minimum absolute atomic E-state index is 0.0178. The maximum absolute atomic E-state index is 12.7. The fraction of sp³-hybridized carbons (Fsp3) is 0.583. The van der Waals surface area contributed by atoms with E-state index in [0.29, 0.717) is 16.9 Å². The summed E-state index contributed by atoms with van der Waals surface area (Å²) in [6.07, 6.45) is 1.82. The lowest BCUT2D eigenvalue weighted by Gasteiger charge is -2.31. The van der Waals surface area contributed by atoms with Gasteiger partial charge in [-0.25, -0.2) is 13.2 Å². The van der Waals surface area contributed by atoms with Gasteiger partial charge in [-0.3, -0.25) is 0 Å². The van der Waals surface area contributed by atoms with Crippen LogP contribution in [0.3, 0.4) is 0 Å². The molecule has 0 aliphatic carbocycles. The topological polar surface area (TPSA) is 86.7 Å². The maximum Gasteiger partial charge on any atom is 0.345 e. The summed E-state index contributed by atoms with van der Waals surface area (Å²) >= 11 is 4.09. The molecule has 21 heavy (non-hydrogen) atoms. The Morgan fingerprint density at radius 3 is 2.90 bits per heavy atom. The standard InChI is InChI=1S/C12H17BrN2O4S2/c1-14-6-8-3-2-4-15(7-8)21(18,19)10-5-9(12(16)17)20-11(10)13/h5,8,14H,2-4,6-7H2,1H3,(H,16,17). The molecule has 9 heteroatoms. The predicted octanol–water partition coefficient (Wildman–Crippen LogP) is 1.83. The van der Waals surface area contributed by atoms with Crippen LogP contribution in [0.4, 0.5) is 0 Å². The van der Waals surface area contributed by atoms with Crippen LogP contribution in [0.1, 0.15) is 22.5 Å². The molecule has 118 valence electrons. The molecule has 2 N–H and O–H groups in total. The van der Waals surface area contributed by atoms with E-state index in [1.165, 1.54) is 10.4 Å². The lowest BCUT2D eigenvalue weighted by atomic mass is 10.00. The van der Waals surface area contributed by atoms with E-state index in [0.717, 1.165) is 30.7 Å². The molecule has 1 aromatic rings. The third kappa shape index (κ3) is 3.65. The highest BCUT2D eigenvalue weighted by Gasteiger charge is 2.33. The Bertz CT molecular complexity index is 627. The zero-order valence-corrected chi connectivity index (χ0v) is 14.7. The van der Waals surface area contributed by atoms with Crippen LogP contribution in [0, 0.1) is 5.92 Å². The van der Waals surface area contributed by atoms with Crippen molar-refractivity contribution < 1.29 is 18.3 Å². The molecule has 0 saturated carbocycles. The van der Waals surface area contributed by atoms with E-state index in [1.54, 1.807) is 0 Å². The quantitative estimate of drug-likeness (QED) is 0.792. The predicted molar refractivity (Wildman–Crippen MR) is 84.4 cm³/mol. The van der Waals surface area contributed by atoms with Crippen molar-refractivity contribution in [2.24, 2.45) is 5.92 Å². The van der Waals surface area contributed by atoms with Gasteiger partial charge in [-0.1, -0.05) is 0 Å². The van der Waals surface area contributed by atoms with Gasteiger partial charge in [0.15, 0.2) is 0 Å². The van der Waals surface area contributed by atoms with Crippen LogP contribution in [0.15, 0.2) is 14.7 Å². The molecule has 1 aromatic heterocycles. The highest BCUT2D eigenvalue weighted by Crippen LogP contribution is 2.34. The van der Waals surface area contributed by atoms with E-state index in [4.69, 9.17) is 5.11 Å². The Morgan fingerprint density at radius 1 is 1.62 bits per heavy atom. The van der Waals surface area contributed by atoms with Crippen LogP contribution >= 0.6 is 27.3 Å². The first-order valence-corrected chi connectivity index (χ1v) is 9.58. The van der Waals surface area contributed by atoms with Crippen molar-refractivity contribution >= 4 is 43.3 Å². The molecule has 1 atom stereocenters. The summed E-state index contributed by atoms with van der Waals surface area (Å²) < 4.78 is 27.2. The van der Waals surface area contributed by atoms with Crippen LogP contribution in [0.25, 0.3) is 0 Å². The smallest absolute Gasteiger partial charge is 0.345 e. The number of carbonyl (C=O) groups is 1. The summed E-state index contributed by atoms with van der Waals surface area (Å²) in [5, 5.41) is 12.1. The SMILES string of the molecule is CNCC1CCCN(S(=O)(=O)c2cc(C(=O)O)sc2Br)C1. The first kappa shape index (κ1) is 16.9. The molecule has 1 aliphatic heterocycles. The fourth-order valence-corrected chi connectivity index (χ4v) is 6.38. The minimum atomic E-state index is -3.65. The van der Waals surface area contributed by atoms with Crippen LogP contribution in [-0.4, -0.2) is 50.5 Å². The summed E-state index contributed by atoms with van der Waals surface area (Å²) in [5.41, 5.74) is 0. The summed E-state index contributed by atoms with van der Waals surface area (Å²) in [6.45, 7) is 1.72. The van der Waals surface area contributed by atoms with Gasteiger partial charge in [-0.15, -0.1) is 11.3 Å². The number of thiophene rings is 1. The molecule has 1 unspecified atom stereocenters. The van der Waals surface area contributed by atoms with Gasteiger partial charge in [-0.05, 0) is 54.3 Å². The van der Waals surface area contributed by atoms with Crippen molar-refractivity contribution in [3.8, 4) is 0 Å². The van der Waals surface area contributed by atoms with Gasteiger partial charge in [-0.2, -0.15) is 4.31 Å². The molecule has 1 fully saturated rings. The van der Waals surface area contributed by atoms with Crippen molar-refractivity contribution in [3.05, 3.63) is 14.7 Å². The number of piperidine rings is 1. The first-order valence-electron chi connectivity index (χ1n) is 6.53. The number of carboxylic acids is 1. The maximum atomic E-state index is 12.7. The molecular formula is C12H17BrN2O4S2. The number of hydrogen-bond donors (Lipinski definition) is 2. The summed E-state index contributed by atoms with van der Waals surface area (Å²) in [4.78, 5) is 11.0. The Hall–Kier alpha value is -0.480. The van der Waals surface area contributed by atoms with Crippen molar-refractivity contribution in [2.45, 2.75) is 17.7 Å². The molecule has 2 heterocycles. The van der Waals surface area contributed by atoms with Crippen LogP contribution < -0.4 is 5.32 Å². The number of carboxylic acid groups (broad SMARTS) is 1. The summed E-state index contributed by atoms with van der Waals surface area (Å²) in [6, 6.07) is 1.23. The number of halogens is 1. The van der Waals surface area contributed by atoms with Gasteiger partial charge in [0.2, 0.25) is 10.0 Å². The van der Waals surface area contributed by atoms with E-state index in [-0.39, 0.29) is 15.7 Å².